The maximum Gasteiger partial charge on any atom is 0.104 e. The molecule has 266 valence electrons. The van der Waals surface area contributed by atoms with Crippen molar-refractivity contribution in [1.82, 2.24) is 9.13 Å². The molecule has 6 N–H and O–H groups in total. The SMILES string of the molecule is N#Cc1cccc(-c2cn(CC(CF)CF)c3cc(N)ccc23)c1.NC(=S)c1cccc(-c2cn(CC(CF)CF)c3cc(N)ccc23)c1.[2H]CF. The smallest absolute Gasteiger partial charge is 0.104 e. The van der Waals surface area contributed by atoms with Gasteiger partial charge in [0.25, 0.3) is 0 Å². The average Bonchev–Trinajstić information content (AvgIpc) is 3.70. The van der Waals surface area contributed by atoms with E-state index >= 15 is 0 Å². The van der Waals surface area contributed by atoms with Crippen LogP contribution in [0.25, 0.3) is 44.1 Å². The summed E-state index contributed by atoms with van der Waals surface area (Å²) in [6.45, 7) is -2.34. The van der Waals surface area contributed by atoms with Crippen molar-refractivity contribution in [3.05, 3.63) is 108 Å². The first-order valence-corrected chi connectivity index (χ1v) is 16.3. The van der Waals surface area contributed by atoms with Crippen LogP contribution in [-0.2, 0) is 13.1 Å². The molecule has 0 spiro atoms. The number of nitriles is 1. The molecule has 0 saturated carbocycles. The molecule has 12 heteroatoms. The van der Waals surface area contributed by atoms with Gasteiger partial charge in [0.05, 0.1) is 57.9 Å². The second-order valence-corrected chi connectivity index (χ2v) is 12.4. The Morgan fingerprint density at radius 1 is 0.745 bits per heavy atom. The van der Waals surface area contributed by atoms with Crippen molar-refractivity contribution >= 4 is 50.4 Å². The number of thiocarbonyl (C=S) groups is 1. The Morgan fingerprint density at radius 2 is 1.20 bits per heavy atom. The minimum absolute atomic E-state index is 0.241. The Bertz CT molecular complexity index is 2150. The van der Waals surface area contributed by atoms with Crippen molar-refractivity contribution in [3.8, 4) is 28.3 Å². The molecular weight excluding hydrogens is 680 g/mol. The highest BCUT2D eigenvalue weighted by Gasteiger charge is 2.17. The monoisotopic (exact) mass is 719 g/mol. The fourth-order valence-corrected chi connectivity index (χ4v) is 5.94. The Hall–Kier alpha value is -5.41. The molecule has 2 aromatic heterocycles. The molecule has 4 aromatic carbocycles. The number of rotatable bonds is 11. The molecule has 6 aromatic rings. The van der Waals surface area contributed by atoms with Gasteiger partial charge in [0, 0.05) is 76.2 Å². The third-order valence-electron chi connectivity index (χ3n) is 8.36. The molecule has 2 heterocycles. The van der Waals surface area contributed by atoms with Crippen molar-refractivity contribution < 1.29 is 23.3 Å². The quantitative estimate of drug-likeness (QED) is 0.0703. The number of alkyl halides is 5. The Labute approximate surface area is 300 Å². The van der Waals surface area contributed by atoms with Gasteiger partial charge in [-0.25, -0.2) is 0 Å². The van der Waals surface area contributed by atoms with Crippen LogP contribution in [0.4, 0.5) is 33.3 Å². The minimum atomic E-state index is -1.00. The second kappa shape index (κ2) is 18.0. The molecule has 6 rings (SSSR count). The summed E-state index contributed by atoms with van der Waals surface area (Å²) in [6, 6.07) is 28.1. The van der Waals surface area contributed by atoms with E-state index < -0.39 is 45.7 Å². The highest BCUT2D eigenvalue weighted by molar-refractivity contribution is 7.80. The van der Waals surface area contributed by atoms with Gasteiger partial charge < -0.3 is 26.3 Å². The fourth-order valence-electron chi connectivity index (χ4n) is 5.81. The van der Waals surface area contributed by atoms with Crippen LogP contribution >= 0.6 is 12.2 Å². The Balaban J connectivity index is 0.000000217. The molecule has 0 atom stereocenters. The lowest BCUT2D eigenvalue weighted by Crippen LogP contribution is -2.14. The van der Waals surface area contributed by atoms with E-state index in [9.17, 15) is 22.0 Å². The number of aromatic nitrogens is 2. The van der Waals surface area contributed by atoms with Gasteiger partial charge in [-0.05, 0) is 53.6 Å². The number of nitrogen functional groups attached to an aromatic ring is 2. The number of halogens is 5. The number of nitrogens with two attached hydrogens (primary N) is 3. The predicted molar refractivity (Wildman–Crippen MR) is 202 cm³/mol. The highest BCUT2D eigenvalue weighted by atomic mass is 32.1. The second-order valence-electron chi connectivity index (χ2n) is 11.9. The van der Waals surface area contributed by atoms with Crippen molar-refractivity contribution in [2.75, 3.05) is 45.3 Å². The van der Waals surface area contributed by atoms with Crippen molar-refractivity contribution in [2.24, 2.45) is 17.6 Å². The van der Waals surface area contributed by atoms with Gasteiger partial charge in [0.15, 0.2) is 0 Å². The third-order valence-corrected chi connectivity index (χ3v) is 8.59. The number of anilines is 2. The standard InChI is InChI=1S/C19H19F2N3S.C19H17F2N3.CH3F/c20-8-12(9-21)10-24-11-17(16-5-4-15(22)7-18(16)24)13-2-1-3-14(6-13)19(23)25;20-8-14(9-21)11-24-12-18(15-3-1-2-13(6-15)10-22)17-5-4-16(23)7-19(17)24;1-2/h1-7,11-12H,8-10,22H2,(H2,23,25);1-7,12,14H,8-9,11,23H2;1H3/i;;1D. The average molecular weight is 720 g/mol. The first kappa shape index (κ1) is 36.9. The normalized spacial score (nSPS) is 11.1. The summed E-state index contributed by atoms with van der Waals surface area (Å²) in [4.78, 5) is 0.324. The fraction of sp³-hybridized carbons (Fsp3) is 0.231. The maximum absolute atomic E-state index is 13.0. The number of hydrogen-bond acceptors (Lipinski definition) is 4. The first-order chi connectivity index (χ1) is 25.1. The lowest BCUT2D eigenvalue weighted by molar-refractivity contribution is 0.264. The molecule has 0 aliphatic carbocycles. The number of benzene rings is 4. The molecule has 0 saturated heterocycles. The predicted octanol–water partition coefficient (Wildman–Crippen LogP) is 8.98. The molecular formula is C39H39F5N6S. The zero-order chi connectivity index (χ0) is 37.8. The summed E-state index contributed by atoms with van der Waals surface area (Å²) >= 11 is 5.05. The summed E-state index contributed by atoms with van der Waals surface area (Å²) < 4.78 is 71.0. The van der Waals surface area contributed by atoms with E-state index in [1.807, 2.05) is 82.2 Å². The van der Waals surface area contributed by atoms with Crippen LogP contribution in [0.5, 0.6) is 0 Å². The van der Waals surface area contributed by atoms with E-state index in [1.165, 1.54) is 0 Å². The van der Waals surface area contributed by atoms with Gasteiger partial charge in [0.2, 0.25) is 0 Å². The Kier molecular flexibility index (Phi) is 13.0. The van der Waals surface area contributed by atoms with Gasteiger partial charge in [-0.1, -0.05) is 54.7 Å². The van der Waals surface area contributed by atoms with Crippen LogP contribution in [0.15, 0.2) is 97.3 Å². The molecule has 0 aliphatic rings. The van der Waals surface area contributed by atoms with Crippen LogP contribution < -0.4 is 17.2 Å². The van der Waals surface area contributed by atoms with Crippen LogP contribution in [0, 0.1) is 23.2 Å². The number of fused-ring (bicyclic) bond motifs is 2. The van der Waals surface area contributed by atoms with E-state index in [0.717, 1.165) is 49.6 Å². The summed E-state index contributed by atoms with van der Waals surface area (Å²) in [5.41, 5.74) is 25.4. The molecule has 0 radical (unpaired) electrons. The van der Waals surface area contributed by atoms with Crippen LogP contribution in [0.3, 0.4) is 0 Å². The van der Waals surface area contributed by atoms with Gasteiger partial charge in [-0.2, -0.15) is 5.26 Å². The van der Waals surface area contributed by atoms with Crippen molar-refractivity contribution in [3.63, 3.8) is 0 Å². The zero-order valence-electron chi connectivity index (χ0n) is 28.7. The van der Waals surface area contributed by atoms with Crippen LogP contribution in [-0.4, -0.2) is 48.0 Å². The number of nitrogens with zero attached hydrogens (tertiary/aromatic N) is 3. The van der Waals surface area contributed by atoms with Crippen molar-refractivity contribution in [2.45, 2.75) is 13.1 Å². The third kappa shape index (κ3) is 9.04. The summed E-state index contributed by atoms with van der Waals surface area (Å²) in [7, 11) is -1.00. The highest BCUT2D eigenvalue weighted by Crippen LogP contribution is 2.34. The van der Waals surface area contributed by atoms with Gasteiger partial charge in [0.1, 0.15) is 4.99 Å². The van der Waals surface area contributed by atoms with Crippen LogP contribution in [0.2, 0.25) is 0 Å². The van der Waals surface area contributed by atoms with Crippen molar-refractivity contribution in [1.29, 1.82) is 5.26 Å². The maximum atomic E-state index is 13.0. The van der Waals surface area contributed by atoms with E-state index in [0.29, 0.717) is 21.9 Å². The lowest BCUT2D eigenvalue weighted by atomic mass is 10.0. The molecule has 0 fully saturated rings. The summed E-state index contributed by atoms with van der Waals surface area (Å²) in [6.07, 6.45) is 3.78. The molecule has 0 bridgehead atoms. The largest absolute Gasteiger partial charge is 0.399 e. The zero-order valence-corrected chi connectivity index (χ0v) is 28.5. The lowest BCUT2D eigenvalue weighted by Gasteiger charge is -2.11. The van der Waals surface area contributed by atoms with Gasteiger partial charge in [-0.15, -0.1) is 0 Å². The van der Waals surface area contributed by atoms with Crippen LogP contribution in [0.1, 0.15) is 12.5 Å². The molecule has 0 unspecified atom stereocenters. The van der Waals surface area contributed by atoms with E-state index in [1.54, 1.807) is 24.3 Å². The molecule has 51 heavy (non-hydrogen) atoms. The van der Waals surface area contributed by atoms with Gasteiger partial charge in [-0.3, -0.25) is 22.0 Å². The Morgan fingerprint density at radius 3 is 1.63 bits per heavy atom. The molecule has 0 aliphatic heterocycles. The number of hydrogen-bond donors (Lipinski definition) is 3. The van der Waals surface area contributed by atoms with E-state index in [2.05, 4.69) is 6.07 Å². The molecule has 0 amide bonds. The van der Waals surface area contributed by atoms with E-state index in [4.69, 9.17) is 36.1 Å². The first-order valence-electron chi connectivity index (χ1n) is 16.6. The van der Waals surface area contributed by atoms with Gasteiger partial charge >= 0.3 is 0 Å². The topological polar surface area (TPSA) is 112 Å². The molecule has 6 nitrogen and oxygen atoms in total. The van der Waals surface area contributed by atoms with E-state index in [-0.39, 0.29) is 13.1 Å². The minimum Gasteiger partial charge on any atom is -0.399 e. The summed E-state index contributed by atoms with van der Waals surface area (Å²) in [5, 5.41) is 11.0. The summed E-state index contributed by atoms with van der Waals surface area (Å²) in [5.74, 6) is -1.35.